The van der Waals surface area contributed by atoms with Gasteiger partial charge in [-0.2, -0.15) is 0 Å². The molecule has 0 heteroatoms. The van der Waals surface area contributed by atoms with Crippen molar-refractivity contribution in [3.63, 3.8) is 0 Å². The molecule has 0 aliphatic heterocycles. The third kappa shape index (κ3) is 3.00. The van der Waals surface area contributed by atoms with Gasteiger partial charge in [-0.05, 0) is 24.2 Å². The normalized spacial score (nSPS) is 28.3. The van der Waals surface area contributed by atoms with Crippen LogP contribution in [0, 0.1) is 17.8 Å². The molecule has 0 radical (unpaired) electrons. The molecule has 0 saturated heterocycles. The largest absolute Gasteiger partial charge is 0.0654 e. The van der Waals surface area contributed by atoms with Gasteiger partial charge in [-0.3, -0.25) is 0 Å². The monoisotopic (exact) mass is 196 g/mol. The van der Waals surface area contributed by atoms with Gasteiger partial charge in [0.25, 0.3) is 0 Å². The van der Waals surface area contributed by atoms with E-state index >= 15 is 0 Å². The van der Waals surface area contributed by atoms with E-state index in [0.717, 1.165) is 17.8 Å². The second kappa shape index (κ2) is 6.48. The zero-order chi connectivity index (χ0) is 10.4. The van der Waals surface area contributed by atoms with E-state index in [1.54, 1.807) is 0 Å². The fourth-order valence-electron chi connectivity index (χ4n) is 3.48. The molecule has 0 spiro atoms. The van der Waals surface area contributed by atoms with Crippen LogP contribution in [-0.2, 0) is 0 Å². The molecule has 0 heterocycles. The third-order valence-electron chi connectivity index (χ3n) is 4.28. The highest BCUT2D eigenvalue weighted by atomic mass is 14.3. The lowest BCUT2D eigenvalue weighted by molar-refractivity contribution is 0.143. The summed E-state index contributed by atoms with van der Waals surface area (Å²) in [6.45, 7) is 7.11. The smallest absolute Gasteiger partial charge is 0.0358 e. The van der Waals surface area contributed by atoms with Crippen molar-refractivity contribution in [2.75, 3.05) is 0 Å². The summed E-state index contributed by atoms with van der Waals surface area (Å²) in [7, 11) is 0. The summed E-state index contributed by atoms with van der Waals surface area (Å²) in [5.74, 6) is 3.16. The lowest BCUT2D eigenvalue weighted by Crippen LogP contribution is -2.26. The molecule has 0 bridgehead atoms. The van der Waals surface area contributed by atoms with Gasteiger partial charge in [0, 0.05) is 0 Å². The van der Waals surface area contributed by atoms with Crippen molar-refractivity contribution in [1.29, 1.82) is 0 Å². The summed E-state index contributed by atoms with van der Waals surface area (Å²) < 4.78 is 0. The Morgan fingerprint density at radius 1 is 1.00 bits per heavy atom. The maximum absolute atomic E-state index is 2.38. The minimum atomic E-state index is 1.02. The van der Waals surface area contributed by atoms with Gasteiger partial charge in [0.1, 0.15) is 0 Å². The van der Waals surface area contributed by atoms with E-state index in [0.29, 0.717) is 0 Å². The Bertz CT molecular complexity index is 133. The van der Waals surface area contributed by atoms with Gasteiger partial charge in [0.05, 0.1) is 0 Å². The van der Waals surface area contributed by atoms with Crippen LogP contribution in [0.25, 0.3) is 0 Å². The quantitative estimate of drug-likeness (QED) is 0.578. The molecule has 1 rings (SSSR count). The Kier molecular flexibility index (Phi) is 5.59. The third-order valence-corrected chi connectivity index (χ3v) is 4.28. The molecular weight excluding hydrogens is 168 g/mol. The van der Waals surface area contributed by atoms with Crippen molar-refractivity contribution in [3.05, 3.63) is 0 Å². The van der Waals surface area contributed by atoms with Crippen LogP contribution in [0.3, 0.4) is 0 Å². The van der Waals surface area contributed by atoms with Gasteiger partial charge in [-0.1, -0.05) is 65.7 Å². The minimum absolute atomic E-state index is 1.02. The lowest BCUT2D eigenvalue weighted by atomic mass is 9.69. The molecule has 0 aromatic carbocycles. The van der Waals surface area contributed by atoms with Crippen LogP contribution < -0.4 is 0 Å². The molecule has 0 aromatic rings. The summed E-state index contributed by atoms with van der Waals surface area (Å²) in [6, 6.07) is 0. The van der Waals surface area contributed by atoms with E-state index in [9.17, 15) is 0 Å². The van der Waals surface area contributed by atoms with Gasteiger partial charge in [0.2, 0.25) is 0 Å². The molecule has 14 heavy (non-hydrogen) atoms. The summed E-state index contributed by atoms with van der Waals surface area (Å²) in [5.41, 5.74) is 0. The number of hydrogen-bond donors (Lipinski definition) is 0. The van der Waals surface area contributed by atoms with Crippen molar-refractivity contribution in [3.8, 4) is 0 Å². The first kappa shape index (κ1) is 12.1. The van der Waals surface area contributed by atoms with E-state index in [1.165, 1.54) is 51.4 Å². The van der Waals surface area contributed by atoms with E-state index in [2.05, 4.69) is 20.8 Å². The van der Waals surface area contributed by atoms with Gasteiger partial charge in [-0.25, -0.2) is 0 Å². The van der Waals surface area contributed by atoms with Gasteiger partial charge < -0.3 is 0 Å². The van der Waals surface area contributed by atoms with Crippen LogP contribution in [0.4, 0.5) is 0 Å². The standard InChI is InChI=1S/C14H28/c1-4-9-13-10-7-8-11-14(13)12(5-2)6-3/h12-14H,4-11H2,1-3H3. The first-order chi connectivity index (χ1) is 6.83. The number of rotatable bonds is 5. The Hall–Kier alpha value is 0. The first-order valence-electron chi connectivity index (χ1n) is 6.83. The fourth-order valence-corrected chi connectivity index (χ4v) is 3.48. The molecule has 0 amide bonds. The summed E-state index contributed by atoms with van der Waals surface area (Å²) in [4.78, 5) is 0. The van der Waals surface area contributed by atoms with Crippen LogP contribution in [0.1, 0.15) is 72.1 Å². The van der Waals surface area contributed by atoms with Crippen LogP contribution in [0.2, 0.25) is 0 Å². The molecule has 2 atom stereocenters. The fraction of sp³-hybridized carbons (Fsp3) is 1.00. The molecule has 0 aromatic heterocycles. The highest BCUT2D eigenvalue weighted by Crippen LogP contribution is 2.40. The highest BCUT2D eigenvalue weighted by molar-refractivity contribution is 4.79. The predicted molar refractivity (Wildman–Crippen MR) is 64.4 cm³/mol. The summed E-state index contributed by atoms with van der Waals surface area (Å²) in [5, 5.41) is 0. The summed E-state index contributed by atoms with van der Waals surface area (Å²) in [6.07, 6.45) is 11.7. The van der Waals surface area contributed by atoms with E-state index in [4.69, 9.17) is 0 Å². The maximum atomic E-state index is 2.38. The average molecular weight is 196 g/mol. The molecule has 1 fully saturated rings. The van der Waals surface area contributed by atoms with Gasteiger partial charge in [0.15, 0.2) is 0 Å². The Morgan fingerprint density at radius 3 is 2.21 bits per heavy atom. The molecule has 1 saturated carbocycles. The first-order valence-corrected chi connectivity index (χ1v) is 6.83. The summed E-state index contributed by atoms with van der Waals surface area (Å²) >= 11 is 0. The van der Waals surface area contributed by atoms with Crippen LogP contribution in [0.5, 0.6) is 0 Å². The van der Waals surface area contributed by atoms with Crippen molar-refractivity contribution < 1.29 is 0 Å². The van der Waals surface area contributed by atoms with Gasteiger partial charge in [-0.15, -0.1) is 0 Å². The molecule has 2 unspecified atom stereocenters. The van der Waals surface area contributed by atoms with Crippen LogP contribution in [0.15, 0.2) is 0 Å². The van der Waals surface area contributed by atoms with E-state index in [-0.39, 0.29) is 0 Å². The predicted octanol–water partition coefficient (Wildman–Crippen LogP) is 5.03. The van der Waals surface area contributed by atoms with Crippen molar-refractivity contribution >= 4 is 0 Å². The van der Waals surface area contributed by atoms with Gasteiger partial charge >= 0.3 is 0 Å². The second-order valence-electron chi connectivity index (χ2n) is 5.07. The maximum Gasteiger partial charge on any atom is -0.0358 e. The zero-order valence-corrected chi connectivity index (χ0v) is 10.4. The Labute approximate surface area is 90.5 Å². The lowest BCUT2D eigenvalue weighted by Gasteiger charge is -2.36. The Morgan fingerprint density at radius 2 is 1.64 bits per heavy atom. The molecule has 1 aliphatic carbocycles. The minimum Gasteiger partial charge on any atom is -0.0654 e. The SMILES string of the molecule is CCCC1CCCCC1C(CC)CC. The van der Waals surface area contributed by atoms with E-state index < -0.39 is 0 Å². The van der Waals surface area contributed by atoms with Crippen LogP contribution in [-0.4, -0.2) is 0 Å². The highest BCUT2D eigenvalue weighted by Gasteiger charge is 2.28. The second-order valence-corrected chi connectivity index (χ2v) is 5.07. The van der Waals surface area contributed by atoms with Crippen LogP contribution >= 0.6 is 0 Å². The molecule has 84 valence electrons. The zero-order valence-electron chi connectivity index (χ0n) is 10.4. The molecule has 0 N–H and O–H groups in total. The average Bonchev–Trinajstić information content (AvgIpc) is 2.23. The van der Waals surface area contributed by atoms with E-state index in [1.807, 2.05) is 0 Å². The van der Waals surface area contributed by atoms with Crippen molar-refractivity contribution in [2.45, 2.75) is 72.1 Å². The molecule has 0 nitrogen and oxygen atoms in total. The van der Waals surface area contributed by atoms with Crippen molar-refractivity contribution in [1.82, 2.24) is 0 Å². The topological polar surface area (TPSA) is 0 Å². The molecule has 1 aliphatic rings. The molecular formula is C14H28. The van der Waals surface area contributed by atoms with Crippen molar-refractivity contribution in [2.24, 2.45) is 17.8 Å². The number of hydrogen-bond acceptors (Lipinski definition) is 0. The Balaban J connectivity index is 2.51.